The van der Waals surface area contributed by atoms with Gasteiger partial charge in [0.05, 0.1) is 0 Å². The first kappa shape index (κ1) is 9.78. The predicted molar refractivity (Wildman–Crippen MR) is 19.0 cm³/mol. The van der Waals surface area contributed by atoms with Gasteiger partial charge in [0.15, 0.2) is 0 Å². The zero-order chi connectivity index (χ0) is 3.41. The van der Waals surface area contributed by atoms with E-state index in [4.69, 9.17) is 5.73 Å². The van der Waals surface area contributed by atoms with Gasteiger partial charge in [0.2, 0.25) is 0 Å². The molecule has 0 aliphatic carbocycles. The Labute approximate surface area is 75.7 Å². The fourth-order valence-corrected chi connectivity index (χ4v) is 0. The molecule has 0 radical (unpaired) electrons. The van der Waals surface area contributed by atoms with Crippen molar-refractivity contribution in [3.63, 3.8) is 0 Å². The smallest absolute Gasteiger partial charge is 0.342 e. The second kappa shape index (κ2) is 9.14. The molecule has 5 heavy (non-hydrogen) atoms. The van der Waals surface area contributed by atoms with E-state index in [9.17, 15) is 0 Å². The van der Waals surface area contributed by atoms with Gasteiger partial charge in [-0.2, -0.15) is 6.42 Å². The topological polar surface area (TPSA) is 26.0 Å². The Morgan fingerprint density at radius 2 is 1.80 bits per heavy atom. The summed E-state index contributed by atoms with van der Waals surface area (Å²) in [7, 11) is 0. The van der Waals surface area contributed by atoms with E-state index < -0.39 is 0 Å². The van der Waals surface area contributed by atoms with Crippen LogP contribution in [0.15, 0.2) is 0 Å². The third kappa shape index (κ3) is 10.7. The van der Waals surface area contributed by atoms with Crippen LogP contribution in [-0.2, 0) is 0 Å². The van der Waals surface area contributed by atoms with E-state index in [0.717, 1.165) is 6.42 Å². The van der Waals surface area contributed by atoms with Crippen LogP contribution in [0, 0.1) is 6.92 Å². The fourth-order valence-electron chi connectivity index (χ4n) is 0. The minimum Gasteiger partial charge on any atom is -0.342 e. The molecule has 0 unspecified atom stereocenters. The summed E-state index contributed by atoms with van der Waals surface area (Å²) in [4.78, 5) is 0. The van der Waals surface area contributed by atoms with Crippen LogP contribution in [0.1, 0.15) is 6.42 Å². The van der Waals surface area contributed by atoms with Crippen molar-refractivity contribution in [3.05, 3.63) is 6.92 Å². The molecule has 0 amide bonds. The average Bonchev–Trinajstić information content (AvgIpc) is 1.37. The van der Waals surface area contributed by atoms with Gasteiger partial charge in [0.1, 0.15) is 0 Å². The molecule has 0 spiro atoms. The van der Waals surface area contributed by atoms with Gasteiger partial charge in [-0.1, -0.05) is 0 Å². The van der Waals surface area contributed by atoms with Gasteiger partial charge in [-0.3, -0.25) is 0 Å². The van der Waals surface area contributed by atoms with Crippen LogP contribution in [0.5, 0.6) is 0 Å². The van der Waals surface area contributed by atoms with Gasteiger partial charge in [-0.15, -0.1) is 0 Å². The van der Waals surface area contributed by atoms with E-state index in [2.05, 4.69) is 6.92 Å². The molecule has 0 saturated heterocycles. The average molecular weight is 97.2 g/mol. The summed E-state index contributed by atoms with van der Waals surface area (Å²) in [5, 5.41) is 0. The Bertz CT molecular complexity index is 8.85. The molecule has 1 nitrogen and oxygen atoms in total. The van der Waals surface area contributed by atoms with E-state index in [1.54, 1.807) is 0 Å². The van der Waals surface area contributed by atoms with Gasteiger partial charge in [-0.05, 0) is 6.54 Å². The molecular formula is C3H8KN. The van der Waals surface area contributed by atoms with Crippen molar-refractivity contribution in [2.75, 3.05) is 6.54 Å². The molecule has 0 aromatic rings. The molecule has 0 fully saturated rings. The molecular weight excluding hydrogens is 89.1 g/mol. The first-order valence-electron chi connectivity index (χ1n) is 1.41. The zero-order valence-electron chi connectivity index (χ0n) is 3.70. The van der Waals surface area contributed by atoms with Crippen molar-refractivity contribution in [2.24, 2.45) is 5.73 Å². The van der Waals surface area contributed by atoms with Crippen LogP contribution >= 0.6 is 0 Å². The standard InChI is InChI=1S/C3H8N.K/c1-2-3-4;/h1-4H2;/q-1;+1. The van der Waals surface area contributed by atoms with Gasteiger partial charge in [-0.25, -0.2) is 0 Å². The van der Waals surface area contributed by atoms with E-state index in [1.807, 2.05) is 0 Å². The predicted octanol–water partition coefficient (Wildman–Crippen LogP) is -2.83. The summed E-state index contributed by atoms with van der Waals surface area (Å²) in [6.45, 7) is 4.19. The van der Waals surface area contributed by atoms with Crippen molar-refractivity contribution >= 4 is 0 Å². The van der Waals surface area contributed by atoms with Crippen LogP contribution in [0.25, 0.3) is 0 Å². The van der Waals surface area contributed by atoms with Crippen LogP contribution in [0.4, 0.5) is 0 Å². The van der Waals surface area contributed by atoms with Crippen LogP contribution in [0.2, 0.25) is 0 Å². The van der Waals surface area contributed by atoms with Crippen LogP contribution < -0.4 is 57.1 Å². The van der Waals surface area contributed by atoms with E-state index in [0.29, 0.717) is 6.54 Å². The summed E-state index contributed by atoms with van der Waals surface area (Å²) in [6, 6.07) is 0. The van der Waals surface area contributed by atoms with Gasteiger partial charge in [0, 0.05) is 0 Å². The molecule has 2 N–H and O–H groups in total. The molecule has 26 valence electrons. The molecule has 0 aliphatic heterocycles. The monoisotopic (exact) mass is 97.0 g/mol. The fraction of sp³-hybridized carbons (Fsp3) is 0.667. The second-order valence-electron chi connectivity index (χ2n) is 0.642. The van der Waals surface area contributed by atoms with Crippen molar-refractivity contribution in [2.45, 2.75) is 6.42 Å². The second-order valence-corrected chi connectivity index (χ2v) is 0.642. The van der Waals surface area contributed by atoms with E-state index in [-0.39, 0.29) is 51.4 Å². The number of hydrogen-bond acceptors (Lipinski definition) is 1. The Kier molecular flexibility index (Phi) is 17.9. The quantitative estimate of drug-likeness (QED) is 0.277. The van der Waals surface area contributed by atoms with Crippen molar-refractivity contribution in [1.82, 2.24) is 0 Å². The van der Waals surface area contributed by atoms with Gasteiger partial charge >= 0.3 is 51.4 Å². The first-order chi connectivity index (χ1) is 1.91. The third-order valence-corrected chi connectivity index (χ3v) is 0.204. The molecule has 0 rings (SSSR count). The summed E-state index contributed by atoms with van der Waals surface area (Å²) < 4.78 is 0. The summed E-state index contributed by atoms with van der Waals surface area (Å²) in [6.07, 6.45) is 0.847. The normalized spacial score (nSPS) is 6.00. The molecule has 2 heteroatoms. The molecule has 0 aliphatic rings. The zero-order valence-corrected chi connectivity index (χ0v) is 6.82. The van der Waals surface area contributed by atoms with Gasteiger partial charge < -0.3 is 12.7 Å². The minimum atomic E-state index is 0. The maximum absolute atomic E-state index is 4.97. The summed E-state index contributed by atoms with van der Waals surface area (Å²) in [5.74, 6) is 0. The van der Waals surface area contributed by atoms with Crippen LogP contribution in [-0.4, -0.2) is 6.54 Å². The van der Waals surface area contributed by atoms with E-state index in [1.165, 1.54) is 0 Å². The van der Waals surface area contributed by atoms with Crippen molar-refractivity contribution in [1.29, 1.82) is 0 Å². The first-order valence-corrected chi connectivity index (χ1v) is 1.41. The van der Waals surface area contributed by atoms with Gasteiger partial charge in [0.25, 0.3) is 0 Å². The molecule has 0 saturated carbocycles. The third-order valence-electron chi connectivity index (χ3n) is 0.204. The van der Waals surface area contributed by atoms with Crippen molar-refractivity contribution in [3.8, 4) is 0 Å². The Hall–Kier alpha value is 1.60. The van der Waals surface area contributed by atoms with Crippen LogP contribution in [0.3, 0.4) is 0 Å². The number of rotatable bonds is 1. The number of nitrogens with two attached hydrogens (primary N) is 1. The Morgan fingerprint density at radius 1 is 1.60 bits per heavy atom. The molecule has 0 atom stereocenters. The largest absolute Gasteiger partial charge is 1.00 e. The molecule has 0 aromatic carbocycles. The van der Waals surface area contributed by atoms with E-state index >= 15 is 0 Å². The molecule has 0 heterocycles. The summed E-state index contributed by atoms with van der Waals surface area (Å²) in [5.41, 5.74) is 4.97. The maximum Gasteiger partial charge on any atom is 1.00 e. The van der Waals surface area contributed by atoms with Crippen molar-refractivity contribution < 1.29 is 51.4 Å². The Morgan fingerprint density at radius 3 is 1.80 bits per heavy atom. The maximum atomic E-state index is 4.97. The minimum absolute atomic E-state index is 0. The SMILES string of the molecule is [CH2-]CCN.[K+]. The Balaban J connectivity index is 0. The molecule has 0 aromatic heterocycles. The molecule has 0 bridgehead atoms. The summed E-state index contributed by atoms with van der Waals surface area (Å²) >= 11 is 0. The number of hydrogen-bond donors (Lipinski definition) is 1.